The molecule has 0 fully saturated rings. The first-order chi connectivity index (χ1) is 13.6. The summed E-state index contributed by atoms with van der Waals surface area (Å²) in [7, 11) is 0. The number of para-hydroxylation sites is 2. The van der Waals surface area contributed by atoms with Crippen molar-refractivity contribution >= 4 is 32.9 Å². The Kier molecular flexibility index (Phi) is 7.26. The lowest BCUT2D eigenvalue weighted by molar-refractivity contribution is 0.0937. The Balaban J connectivity index is 1.78. The van der Waals surface area contributed by atoms with Crippen LogP contribution in [0.1, 0.15) is 68.2 Å². The molecule has 1 amide bonds. The summed E-state index contributed by atoms with van der Waals surface area (Å²) in [5.41, 5.74) is 2.76. The number of imidazole rings is 1. The molecule has 1 unspecified atom stereocenters. The zero-order chi connectivity index (χ0) is 19.9. The summed E-state index contributed by atoms with van der Waals surface area (Å²) in [4.78, 5) is 17.5. The zero-order valence-corrected chi connectivity index (χ0v) is 18.2. The summed E-state index contributed by atoms with van der Waals surface area (Å²) in [5, 5.41) is 3.11. The Hall–Kier alpha value is -2.14. The van der Waals surface area contributed by atoms with Crippen LogP contribution in [0.2, 0.25) is 0 Å². The minimum absolute atomic E-state index is 0.0876. The predicted molar refractivity (Wildman–Crippen MR) is 119 cm³/mol. The number of rotatable bonds is 9. The SMILES string of the molecule is CCCCCCCn1c(C(C)NC(=O)c2cccc(Br)c2)nc2ccccc21. The molecule has 2 aromatic carbocycles. The first-order valence-electron chi connectivity index (χ1n) is 10.1. The van der Waals surface area contributed by atoms with Crippen molar-refractivity contribution in [3.63, 3.8) is 0 Å². The Morgan fingerprint density at radius 3 is 2.68 bits per heavy atom. The number of carbonyl (C=O) groups excluding carboxylic acids is 1. The van der Waals surface area contributed by atoms with E-state index in [9.17, 15) is 4.79 Å². The maximum atomic E-state index is 12.7. The van der Waals surface area contributed by atoms with Crippen LogP contribution in [0.3, 0.4) is 0 Å². The third-order valence-electron chi connectivity index (χ3n) is 4.99. The average Bonchev–Trinajstić information content (AvgIpc) is 3.06. The van der Waals surface area contributed by atoms with E-state index >= 15 is 0 Å². The number of nitrogens with one attached hydrogen (secondary N) is 1. The van der Waals surface area contributed by atoms with Gasteiger partial charge in [-0.15, -0.1) is 0 Å². The molecule has 5 heteroatoms. The highest BCUT2D eigenvalue weighted by molar-refractivity contribution is 9.10. The van der Waals surface area contributed by atoms with Gasteiger partial charge in [-0.3, -0.25) is 4.79 Å². The fourth-order valence-electron chi connectivity index (χ4n) is 3.51. The molecule has 1 aromatic heterocycles. The second-order valence-electron chi connectivity index (χ2n) is 7.23. The lowest BCUT2D eigenvalue weighted by atomic mass is 10.1. The monoisotopic (exact) mass is 441 g/mol. The first-order valence-corrected chi connectivity index (χ1v) is 10.9. The number of hydrogen-bond acceptors (Lipinski definition) is 2. The molecule has 0 aliphatic carbocycles. The Labute approximate surface area is 175 Å². The van der Waals surface area contributed by atoms with Crippen LogP contribution in [-0.4, -0.2) is 15.5 Å². The lowest BCUT2D eigenvalue weighted by Crippen LogP contribution is -2.28. The van der Waals surface area contributed by atoms with Gasteiger partial charge in [0.1, 0.15) is 5.82 Å². The van der Waals surface area contributed by atoms with E-state index < -0.39 is 0 Å². The maximum absolute atomic E-state index is 12.7. The van der Waals surface area contributed by atoms with E-state index in [0.717, 1.165) is 34.3 Å². The average molecular weight is 442 g/mol. The van der Waals surface area contributed by atoms with E-state index in [1.54, 1.807) is 0 Å². The largest absolute Gasteiger partial charge is 0.342 e. The van der Waals surface area contributed by atoms with Crippen LogP contribution in [0.4, 0.5) is 0 Å². The van der Waals surface area contributed by atoms with Crippen molar-refractivity contribution in [1.29, 1.82) is 0 Å². The van der Waals surface area contributed by atoms with Gasteiger partial charge in [0.05, 0.1) is 17.1 Å². The molecule has 0 saturated carbocycles. The Morgan fingerprint density at radius 1 is 1.11 bits per heavy atom. The van der Waals surface area contributed by atoms with E-state index in [1.807, 2.05) is 49.4 Å². The number of benzene rings is 2. The highest BCUT2D eigenvalue weighted by atomic mass is 79.9. The van der Waals surface area contributed by atoms with Crippen molar-refractivity contribution in [3.8, 4) is 0 Å². The van der Waals surface area contributed by atoms with E-state index in [-0.39, 0.29) is 11.9 Å². The molecule has 28 heavy (non-hydrogen) atoms. The molecule has 3 rings (SSSR count). The summed E-state index contributed by atoms with van der Waals surface area (Å²) < 4.78 is 3.17. The van der Waals surface area contributed by atoms with Gasteiger partial charge in [0, 0.05) is 16.6 Å². The van der Waals surface area contributed by atoms with Crippen LogP contribution in [0.15, 0.2) is 53.0 Å². The third kappa shape index (κ3) is 5.02. The van der Waals surface area contributed by atoms with Gasteiger partial charge in [0.2, 0.25) is 0 Å². The van der Waals surface area contributed by atoms with Gasteiger partial charge >= 0.3 is 0 Å². The highest BCUT2D eigenvalue weighted by Gasteiger charge is 2.19. The standard InChI is InChI=1S/C23H28BrN3O/c1-3-4-5-6-9-15-27-21-14-8-7-13-20(21)26-22(27)17(2)25-23(28)18-11-10-12-19(24)16-18/h7-8,10-14,16-17H,3-6,9,15H2,1-2H3,(H,25,28). The number of halogens is 1. The summed E-state index contributed by atoms with van der Waals surface area (Å²) >= 11 is 3.43. The van der Waals surface area contributed by atoms with Gasteiger partial charge in [0.15, 0.2) is 0 Å². The quantitative estimate of drug-likeness (QED) is 0.398. The van der Waals surface area contributed by atoms with Crippen molar-refractivity contribution in [1.82, 2.24) is 14.9 Å². The number of aryl methyl sites for hydroxylation is 1. The van der Waals surface area contributed by atoms with E-state index in [0.29, 0.717) is 5.56 Å². The van der Waals surface area contributed by atoms with Crippen LogP contribution in [0.5, 0.6) is 0 Å². The number of fused-ring (bicyclic) bond motifs is 1. The molecule has 1 heterocycles. The number of carbonyl (C=O) groups is 1. The molecule has 4 nitrogen and oxygen atoms in total. The van der Waals surface area contributed by atoms with Crippen LogP contribution in [-0.2, 0) is 6.54 Å². The minimum Gasteiger partial charge on any atom is -0.342 e. The number of unbranched alkanes of at least 4 members (excludes halogenated alkanes) is 4. The molecule has 0 bridgehead atoms. The lowest BCUT2D eigenvalue weighted by Gasteiger charge is -2.16. The van der Waals surface area contributed by atoms with Gasteiger partial charge in [-0.2, -0.15) is 0 Å². The normalized spacial score (nSPS) is 12.2. The number of aromatic nitrogens is 2. The Morgan fingerprint density at radius 2 is 1.89 bits per heavy atom. The molecule has 148 valence electrons. The highest BCUT2D eigenvalue weighted by Crippen LogP contribution is 2.22. The van der Waals surface area contributed by atoms with Crippen molar-refractivity contribution in [2.24, 2.45) is 0 Å². The van der Waals surface area contributed by atoms with Crippen LogP contribution >= 0.6 is 15.9 Å². The van der Waals surface area contributed by atoms with E-state index in [1.165, 1.54) is 25.7 Å². The molecule has 0 spiro atoms. The molecule has 1 atom stereocenters. The molecule has 0 aliphatic heterocycles. The fourth-order valence-corrected chi connectivity index (χ4v) is 3.91. The van der Waals surface area contributed by atoms with Gasteiger partial charge in [-0.05, 0) is 43.7 Å². The van der Waals surface area contributed by atoms with Crippen molar-refractivity contribution in [3.05, 3.63) is 64.4 Å². The van der Waals surface area contributed by atoms with Crippen LogP contribution in [0.25, 0.3) is 11.0 Å². The second-order valence-corrected chi connectivity index (χ2v) is 8.15. The topological polar surface area (TPSA) is 46.9 Å². The first kappa shape index (κ1) is 20.6. The summed E-state index contributed by atoms with van der Waals surface area (Å²) in [6, 6.07) is 15.5. The number of nitrogens with zero attached hydrogens (tertiary/aromatic N) is 2. The van der Waals surface area contributed by atoms with Crippen LogP contribution < -0.4 is 5.32 Å². The predicted octanol–water partition coefficient (Wildman–Crippen LogP) is 6.26. The summed E-state index contributed by atoms with van der Waals surface area (Å²) in [6.07, 6.45) is 6.15. The summed E-state index contributed by atoms with van der Waals surface area (Å²) in [6.45, 7) is 5.17. The van der Waals surface area contributed by atoms with Crippen molar-refractivity contribution in [2.45, 2.75) is 58.5 Å². The molecule has 0 radical (unpaired) electrons. The Bertz CT molecular complexity index is 934. The summed E-state index contributed by atoms with van der Waals surface area (Å²) in [5.74, 6) is 0.829. The maximum Gasteiger partial charge on any atom is 0.251 e. The van der Waals surface area contributed by atoms with E-state index in [2.05, 4.69) is 38.8 Å². The smallest absolute Gasteiger partial charge is 0.251 e. The number of amides is 1. The molecular formula is C23H28BrN3O. The molecular weight excluding hydrogens is 414 g/mol. The van der Waals surface area contributed by atoms with Gasteiger partial charge in [0.25, 0.3) is 5.91 Å². The minimum atomic E-state index is -0.172. The third-order valence-corrected chi connectivity index (χ3v) is 5.48. The molecule has 3 aromatic rings. The second kappa shape index (κ2) is 9.87. The molecule has 0 saturated heterocycles. The van der Waals surface area contributed by atoms with Gasteiger partial charge < -0.3 is 9.88 Å². The molecule has 0 aliphatic rings. The van der Waals surface area contributed by atoms with E-state index in [4.69, 9.17) is 4.98 Å². The number of hydrogen-bond donors (Lipinski definition) is 1. The van der Waals surface area contributed by atoms with Crippen LogP contribution in [0, 0.1) is 0 Å². The van der Waals surface area contributed by atoms with Crippen molar-refractivity contribution in [2.75, 3.05) is 0 Å². The molecule has 1 N–H and O–H groups in total. The van der Waals surface area contributed by atoms with Crippen molar-refractivity contribution < 1.29 is 4.79 Å². The van der Waals surface area contributed by atoms with Gasteiger partial charge in [-0.1, -0.05) is 66.7 Å². The zero-order valence-electron chi connectivity index (χ0n) is 16.6. The van der Waals surface area contributed by atoms with Gasteiger partial charge in [-0.25, -0.2) is 4.98 Å². The fraction of sp³-hybridized carbons (Fsp3) is 0.391.